The SMILES string of the molecule is CC(=O)Nc1ccccc1CNC(=O)N(C)[C@H]1CCN(C)C[C@@H]1C. The average molecular weight is 332 g/mol. The number of piperidine rings is 1. The molecule has 0 saturated carbocycles. The van der Waals surface area contributed by atoms with Crippen LogP contribution in [0.5, 0.6) is 0 Å². The number of nitrogens with one attached hydrogen (secondary N) is 2. The van der Waals surface area contributed by atoms with E-state index in [0.29, 0.717) is 12.5 Å². The largest absolute Gasteiger partial charge is 0.334 e. The van der Waals surface area contributed by atoms with E-state index in [1.807, 2.05) is 36.2 Å². The fraction of sp³-hybridized carbons (Fsp3) is 0.556. The van der Waals surface area contributed by atoms with Crippen molar-refractivity contribution in [1.82, 2.24) is 15.1 Å². The Bertz CT molecular complexity index is 590. The summed E-state index contributed by atoms with van der Waals surface area (Å²) in [7, 11) is 3.98. The number of carbonyl (C=O) groups excluding carboxylic acids is 2. The van der Waals surface area contributed by atoms with E-state index in [4.69, 9.17) is 0 Å². The van der Waals surface area contributed by atoms with Gasteiger partial charge in [0.05, 0.1) is 0 Å². The Morgan fingerprint density at radius 2 is 2.04 bits per heavy atom. The van der Waals surface area contributed by atoms with Gasteiger partial charge in [-0.05, 0) is 37.6 Å². The Balaban J connectivity index is 1.94. The van der Waals surface area contributed by atoms with E-state index >= 15 is 0 Å². The van der Waals surface area contributed by atoms with Crippen LogP contribution in [0.25, 0.3) is 0 Å². The lowest BCUT2D eigenvalue weighted by Crippen LogP contribution is -2.52. The van der Waals surface area contributed by atoms with E-state index in [1.165, 1.54) is 6.92 Å². The summed E-state index contributed by atoms with van der Waals surface area (Å²) in [5, 5.41) is 5.76. The summed E-state index contributed by atoms with van der Waals surface area (Å²) < 4.78 is 0. The third-order valence-corrected chi connectivity index (χ3v) is 4.64. The molecule has 6 heteroatoms. The molecule has 1 aliphatic heterocycles. The monoisotopic (exact) mass is 332 g/mol. The van der Waals surface area contributed by atoms with Gasteiger partial charge in [0.1, 0.15) is 0 Å². The maximum absolute atomic E-state index is 12.5. The van der Waals surface area contributed by atoms with Crippen molar-refractivity contribution in [2.45, 2.75) is 32.9 Å². The van der Waals surface area contributed by atoms with Crippen LogP contribution in [0, 0.1) is 5.92 Å². The van der Waals surface area contributed by atoms with Crippen molar-refractivity contribution in [3.8, 4) is 0 Å². The van der Waals surface area contributed by atoms with E-state index in [1.54, 1.807) is 0 Å². The standard InChI is InChI=1S/C18H28N4O2/c1-13-12-21(3)10-9-17(13)22(4)18(24)19-11-15-7-5-6-8-16(15)20-14(2)23/h5-8,13,17H,9-12H2,1-4H3,(H,19,24)(H,20,23)/t13-,17-/m0/s1. The third-order valence-electron chi connectivity index (χ3n) is 4.64. The summed E-state index contributed by atoms with van der Waals surface area (Å²) in [6.07, 6.45) is 0.990. The van der Waals surface area contributed by atoms with Crippen LogP contribution in [-0.2, 0) is 11.3 Å². The van der Waals surface area contributed by atoms with Crippen LogP contribution < -0.4 is 10.6 Å². The van der Waals surface area contributed by atoms with Crippen LogP contribution in [0.2, 0.25) is 0 Å². The number of likely N-dealkylation sites (tertiary alicyclic amines) is 1. The van der Waals surface area contributed by atoms with Gasteiger partial charge in [-0.3, -0.25) is 4.79 Å². The molecule has 0 spiro atoms. The molecular formula is C18H28N4O2. The average Bonchev–Trinajstić information content (AvgIpc) is 2.52. The van der Waals surface area contributed by atoms with Gasteiger partial charge in [-0.2, -0.15) is 0 Å². The molecule has 1 heterocycles. The van der Waals surface area contributed by atoms with E-state index < -0.39 is 0 Å². The molecule has 0 unspecified atom stereocenters. The summed E-state index contributed by atoms with van der Waals surface area (Å²) >= 11 is 0. The second-order valence-electron chi connectivity index (χ2n) is 6.70. The molecule has 2 atom stereocenters. The number of nitrogens with zero attached hydrogens (tertiary/aromatic N) is 2. The van der Waals surface area contributed by atoms with Crippen molar-refractivity contribution in [3.63, 3.8) is 0 Å². The lowest BCUT2D eigenvalue weighted by Gasteiger charge is -2.39. The first-order valence-electron chi connectivity index (χ1n) is 8.43. The summed E-state index contributed by atoms with van der Waals surface area (Å²) in [6.45, 7) is 6.08. The van der Waals surface area contributed by atoms with Gasteiger partial charge < -0.3 is 20.4 Å². The third kappa shape index (κ3) is 4.71. The van der Waals surface area contributed by atoms with Crippen LogP contribution in [0.15, 0.2) is 24.3 Å². The highest BCUT2D eigenvalue weighted by atomic mass is 16.2. The number of rotatable bonds is 4. The van der Waals surface area contributed by atoms with Crippen LogP contribution in [0.4, 0.5) is 10.5 Å². The summed E-state index contributed by atoms with van der Waals surface area (Å²) in [4.78, 5) is 27.9. The zero-order valence-corrected chi connectivity index (χ0v) is 15.0. The molecule has 3 amide bonds. The first-order chi connectivity index (χ1) is 11.4. The normalized spacial score (nSPS) is 21.2. The Labute approximate surface area is 144 Å². The van der Waals surface area contributed by atoms with Gasteiger partial charge in [0.15, 0.2) is 0 Å². The molecule has 6 nitrogen and oxygen atoms in total. The van der Waals surface area contributed by atoms with Crippen molar-refractivity contribution >= 4 is 17.6 Å². The molecule has 1 aliphatic rings. The first kappa shape index (κ1) is 18.3. The van der Waals surface area contributed by atoms with Crippen molar-refractivity contribution < 1.29 is 9.59 Å². The van der Waals surface area contributed by atoms with Gasteiger partial charge in [0, 0.05) is 38.8 Å². The summed E-state index contributed by atoms with van der Waals surface area (Å²) in [6, 6.07) is 7.69. The van der Waals surface area contributed by atoms with Gasteiger partial charge in [-0.25, -0.2) is 4.79 Å². The number of hydrogen-bond acceptors (Lipinski definition) is 3. The molecule has 132 valence electrons. The predicted molar refractivity (Wildman–Crippen MR) is 95.8 cm³/mol. The second kappa shape index (κ2) is 8.15. The van der Waals surface area contributed by atoms with E-state index in [0.717, 1.165) is 30.8 Å². The van der Waals surface area contributed by atoms with Gasteiger partial charge in [0.25, 0.3) is 0 Å². The number of hydrogen-bond donors (Lipinski definition) is 2. The van der Waals surface area contributed by atoms with Crippen LogP contribution in [0.3, 0.4) is 0 Å². The number of benzene rings is 1. The Morgan fingerprint density at radius 3 is 2.71 bits per heavy atom. The maximum Gasteiger partial charge on any atom is 0.317 e. The highest BCUT2D eigenvalue weighted by molar-refractivity contribution is 5.89. The van der Waals surface area contributed by atoms with E-state index in [9.17, 15) is 9.59 Å². The molecule has 0 radical (unpaired) electrons. The minimum absolute atomic E-state index is 0.0750. The number of amides is 3. The van der Waals surface area contributed by atoms with Crippen LogP contribution >= 0.6 is 0 Å². The Hall–Kier alpha value is -2.08. The second-order valence-corrected chi connectivity index (χ2v) is 6.70. The van der Waals surface area contributed by atoms with Crippen molar-refractivity contribution in [2.75, 3.05) is 32.5 Å². The smallest absolute Gasteiger partial charge is 0.317 e. The molecule has 2 N–H and O–H groups in total. The fourth-order valence-electron chi connectivity index (χ4n) is 3.35. The summed E-state index contributed by atoms with van der Waals surface area (Å²) in [5.74, 6) is 0.331. The zero-order chi connectivity index (χ0) is 17.7. The Kier molecular flexibility index (Phi) is 6.20. The van der Waals surface area contributed by atoms with E-state index in [-0.39, 0.29) is 18.0 Å². The summed E-state index contributed by atoms with van der Waals surface area (Å²) in [5.41, 5.74) is 1.63. The van der Waals surface area contributed by atoms with Crippen LogP contribution in [-0.4, -0.2) is 55.0 Å². The maximum atomic E-state index is 12.5. The fourth-order valence-corrected chi connectivity index (χ4v) is 3.35. The van der Waals surface area contributed by atoms with Crippen molar-refractivity contribution in [1.29, 1.82) is 0 Å². The highest BCUT2D eigenvalue weighted by Crippen LogP contribution is 2.20. The lowest BCUT2D eigenvalue weighted by molar-refractivity contribution is -0.114. The molecule has 0 bridgehead atoms. The minimum atomic E-state index is -0.119. The number of para-hydroxylation sites is 1. The van der Waals surface area contributed by atoms with Gasteiger partial charge in [-0.1, -0.05) is 25.1 Å². The lowest BCUT2D eigenvalue weighted by atomic mass is 9.93. The van der Waals surface area contributed by atoms with Gasteiger partial charge >= 0.3 is 6.03 Å². The molecule has 1 saturated heterocycles. The molecule has 1 aromatic carbocycles. The number of anilines is 1. The predicted octanol–water partition coefficient (Wildman–Crippen LogP) is 2.13. The Morgan fingerprint density at radius 1 is 1.33 bits per heavy atom. The topological polar surface area (TPSA) is 64.7 Å². The van der Waals surface area contributed by atoms with E-state index in [2.05, 4.69) is 29.5 Å². The van der Waals surface area contributed by atoms with Gasteiger partial charge in [0.2, 0.25) is 5.91 Å². The molecule has 0 aromatic heterocycles. The molecule has 0 aliphatic carbocycles. The number of carbonyl (C=O) groups is 2. The van der Waals surface area contributed by atoms with Crippen molar-refractivity contribution in [3.05, 3.63) is 29.8 Å². The quantitative estimate of drug-likeness (QED) is 0.888. The molecule has 24 heavy (non-hydrogen) atoms. The molecular weight excluding hydrogens is 304 g/mol. The minimum Gasteiger partial charge on any atom is -0.334 e. The molecule has 1 fully saturated rings. The first-order valence-corrected chi connectivity index (χ1v) is 8.43. The van der Waals surface area contributed by atoms with Gasteiger partial charge in [-0.15, -0.1) is 0 Å². The number of urea groups is 1. The zero-order valence-electron chi connectivity index (χ0n) is 15.0. The highest BCUT2D eigenvalue weighted by Gasteiger charge is 2.29. The van der Waals surface area contributed by atoms with Crippen molar-refractivity contribution in [2.24, 2.45) is 5.92 Å². The molecule has 1 aromatic rings. The van der Waals surface area contributed by atoms with Crippen LogP contribution in [0.1, 0.15) is 25.8 Å². The molecule has 2 rings (SSSR count).